The second-order valence-corrected chi connectivity index (χ2v) is 16.3. The number of ether oxygens (including phenoxy) is 3. The molecule has 68 heavy (non-hydrogen) atoms. The molecule has 5 rings (SSSR count). The summed E-state index contributed by atoms with van der Waals surface area (Å²) in [5.41, 5.74) is 20.8. The van der Waals surface area contributed by atoms with Gasteiger partial charge in [-0.1, -0.05) is 38.3 Å². The van der Waals surface area contributed by atoms with Crippen LogP contribution in [0.5, 0.6) is 17.2 Å². The van der Waals surface area contributed by atoms with E-state index in [1.54, 1.807) is 43.3 Å². The molecule has 0 unspecified atom stereocenters. The quantitative estimate of drug-likeness (QED) is 0.0467. The number of aromatic nitrogens is 2. The van der Waals surface area contributed by atoms with Gasteiger partial charge in [0.15, 0.2) is 5.82 Å². The van der Waals surface area contributed by atoms with E-state index >= 15 is 0 Å². The highest BCUT2D eigenvalue weighted by Crippen LogP contribution is 2.40. The fraction of sp³-hybridized carbons (Fsp3) is 0.429. The molecule has 0 fully saturated rings. The molecule has 3 aromatic carbocycles. The van der Waals surface area contributed by atoms with Crippen molar-refractivity contribution in [3.8, 4) is 45.8 Å². The van der Waals surface area contributed by atoms with E-state index in [1.165, 1.54) is 31.5 Å². The fourth-order valence-electron chi connectivity index (χ4n) is 7.61. The van der Waals surface area contributed by atoms with Crippen molar-refractivity contribution in [2.45, 2.75) is 83.5 Å². The van der Waals surface area contributed by atoms with Crippen molar-refractivity contribution < 1.29 is 38.2 Å². The van der Waals surface area contributed by atoms with Crippen LogP contribution in [0.2, 0.25) is 0 Å². The summed E-state index contributed by atoms with van der Waals surface area (Å²) in [6.07, 6.45) is 5.79. The van der Waals surface area contributed by atoms with E-state index < -0.39 is 53.7 Å². The number of benzene rings is 3. The summed E-state index contributed by atoms with van der Waals surface area (Å²) in [6.45, 7) is 6.24. The maximum atomic E-state index is 14.7. The lowest BCUT2D eigenvalue weighted by Gasteiger charge is -2.32. The van der Waals surface area contributed by atoms with Crippen molar-refractivity contribution in [3.05, 3.63) is 89.2 Å². The topological polar surface area (TPSA) is 292 Å². The lowest BCUT2D eigenvalue weighted by atomic mass is 9.93. The largest absolute Gasteiger partial charge is 0.494 e. The van der Waals surface area contributed by atoms with Crippen molar-refractivity contribution in [2.24, 2.45) is 17.2 Å². The van der Waals surface area contributed by atoms with E-state index in [0.717, 1.165) is 30.6 Å². The summed E-state index contributed by atoms with van der Waals surface area (Å²) in [7, 11) is 1.41. The third-order valence-corrected chi connectivity index (χ3v) is 11.2. The Bertz CT molecular complexity index is 2430. The number of amides is 5. The molecule has 1 aliphatic heterocycles. The first kappa shape index (κ1) is 51.8. The molecule has 0 radical (unpaired) electrons. The molecule has 19 nitrogen and oxygen atoms in total. The molecule has 19 heteroatoms. The normalized spacial score (nSPS) is 16.2. The Morgan fingerprint density at radius 3 is 2.22 bits per heavy atom. The molecule has 1 aromatic heterocycles. The maximum absolute atomic E-state index is 14.7. The van der Waals surface area contributed by atoms with Crippen LogP contribution >= 0.6 is 0 Å². The Hall–Kier alpha value is -7.14. The van der Waals surface area contributed by atoms with Gasteiger partial charge in [-0.15, -0.1) is 0 Å². The highest BCUT2D eigenvalue weighted by atomic mass is 16.5. The zero-order chi connectivity index (χ0) is 49.2. The van der Waals surface area contributed by atoms with Gasteiger partial charge in [0, 0.05) is 49.4 Å². The van der Waals surface area contributed by atoms with Gasteiger partial charge in [-0.25, -0.2) is 9.97 Å². The molecular formula is C49H63N11O8. The molecular weight excluding hydrogens is 871 g/mol. The van der Waals surface area contributed by atoms with Crippen LogP contribution in [-0.2, 0) is 25.6 Å². The molecule has 362 valence electrons. The monoisotopic (exact) mass is 933 g/mol. The van der Waals surface area contributed by atoms with Crippen molar-refractivity contribution in [3.63, 3.8) is 0 Å². The van der Waals surface area contributed by atoms with Gasteiger partial charge in [-0.3, -0.25) is 24.0 Å². The molecule has 1 aliphatic rings. The van der Waals surface area contributed by atoms with E-state index in [2.05, 4.69) is 38.2 Å². The van der Waals surface area contributed by atoms with Crippen LogP contribution in [0.1, 0.15) is 79.2 Å². The summed E-state index contributed by atoms with van der Waals surface area (Å²) in [6, 6.07) is 14.4. The van der Waals surface area contributed by atoms with E-state index in [-0.39, 0.29) is 57.8 Å². The number of hydrogen-bond acceptors (Lipinski definition) is 14. The first-order valence-corrected chi connectivity index (χ1v) is 22.9. The number of nitrogens with zero attached hydrogens (tertiary/aromatic N) is 4. The van der Waals surface area contributed by atoms with E-state index in [4.69, 9.17) is 36.7 Å². The molecule has 0 saturated heterocycles. The average Bonchev–Trinajstić information content (AvgIpc) is 3.33. The fourth-order valence-corrected chi connectivity index (χ4v) is 7.61. The zero-order valence-corrected chi connectivity index (χ0v) is 39.1. The van der Waals surface area contributed by atoms with E-state index in [9.17, 15) is 24.0 Å². The predicted molar refractivity (Wildman–Crippen MR) is 255 cm³/mol. The minimum Gasteiger partial charge on any atom is -0.494 e. The molecule has 2 heterocycles. The Kier molecular flexibility index (Phi) is 19.6. The summed E-state index contributed by atoms with van der Waals surface area (Å²) in [4.78, 5) is 80.5. The predicted octanol–water partition coefficient (Wildman–Crippen LogP) is 2.59. The maximum Gasteiger partial charge on any atom is 0.255 e. The lowest BCUT2D eigenvalue weighted by molar-refractivity contribution is -0.141. The number of unbranched alkanes of at least 4 members (excludes halogenated alkanes) is 3. The molecule has 4 aromatic rings. The van der Waals surface area contributed by atoms with Crippen molar-refractivity contribution in [2.75, 3.05) is 53.0 Å². The van der Waals surface area contributed by atoms with E-state index in [0.29, 0.717) is 51.9 Å². The van der Waals surface area contributed by atoms with Crippen LogP contribution in [0.15, 0.2) is 66.9 Å². The van der Waals surface area contributed by atoms with Crippen molar-refractivity contribution >= 4 is 29.5 Å². The van der Waals surface area contributed by atoms with Gasteiger partial charge in [0.2, 0.25) is 23.6 Å². The van der Waals surface area contributed by atoms with Crippen LogP contribution in [0.4, 0.5) is 0 Å². The highest BCUT2D eigenvalue weighted by molar-refractivity contribution is 6.00. The minimum absolute atomic E-state index is 0.000587. The lowest BCUT2D eigenvalue weighted by Crippen LogP contribution is -2.56. The number of carbonyl (C=O) groups is 5. The number of fused-ring (bicyclic) bond motifs is 5. The Morgan fingerprint density at radius 1 is 0.882 bits per heavy atom. The van der Waals surface area contributed by atoms with Gasteiger partial charge in [-0.2, -0.15) is 5.26 Å². The summed E-state index contributed by atoms with van der Waals surface area (Å²) in [5, 5.41) is 19.9. The second kappa shape index (κ2) is 25.7. The molecule has 0 spiro atoms. The average molecular weight is 934 g/mol. The first-order valence-electron chi connectivity index (χ1n) is 22.9. The molecule has 4 bridgehead atoms. The number of aryl methyl sites for hydroxylation is 1. The third-order valence-electron chi connectivity index (χ3n) is 11.2. The second-order valence-electron chi connectivity index (χ2n) is 16.3. The van der Waals surface area contributed by atoms with Crippen LogP contribution in [-0.4, -0.2) is 116 Å². The summed E-state index contributed by atoms with van der Waals surface area (Å²) >= 11 is 0. The zero-order valence-electron chi connectivity index (χ0n) is 39.1. The molecule has 0 aliphatic carbocycles. The Labute approximate surface area is 396 Å². The van der Waals surface area contributed by atoms with Crippen molar-refractivity contribution in [1.29, 1.82) is 5.26 Å². The van der Waals surface area contributed by atoms with Gasteiger partial charge >= 0.3 is 0 Å². The third kappa shape index (κ3) is 13.7. The van der Waals surface area contributed by atoms with Gasteiger partial charge < -0.3 is 57.6 Å². The number of carbonyl (C=O) groups excluding carboxylic acids is 5. The number of likely N-dealkylation sites (N-methyl/N-ethyl adjacent to an activating group) is 1. The molecule has 10 N–H and O–H groups in total. The van der Waals surface area contributed by atoms with Crippen LogP contribution in [0, 0.1) is 18.3 Å². The van der Waals surface area contributed by atoms with Crippen LogP contribution in [0.25, 0.3) is 22.5 Å². The molecule has 5 amide bonds. The highest BCUT2D eigenvalue weighted by Gasteiger charge is 2.36. The van der Waals surface area contributed by atoms with Gasteiger partial charge in [-0.05, 0) is 92.9 Å². The van der Waals surface area contributed by atoms with Crippen LogP contribution in [0.3, 0.4) is 0 Å². The van der Waals surface area contributed by atoms with E-state index in [1.807, 2.05) is 30.3 Å². The number of nitrogens with two attached hydrogens (primary N) is 3. The number of nitrogens with one attached hydrogen (secondary N) is 4. The van der Waals surface area contributed by atoms with Gasteiger partial charge in [0.05, 0.1) is 23.9 Å². The van der Waals surface area contributed by atoms with Crippen molar-refractivity contribution in [1.82, 2.24) is 36.1 Å². The Morgan fingerprint density at radius 2 is 1.57 bits per heavy atom. The SMILES string of the molecule is CCCCCCOc1ccc(-c2ncc(C(=O)N[C@@H](CCN)C(=O)N(C)[C@@H]3C(=O)N[C@@H](C)C(=O)N[C@H](C(=O)NCC#N)Cc4ccc(OCCN)c(c4)-c4cc3ccc4OCCN)c(C)n2)cc1. The first-order chi connectivity index (χ1) is 32.8. The van der Waals surface area contributed by atoms with Crippen LogP contribution < -0.4 is 52.7 Å². The summed E-state index contributed by atoms with van der Waals surface area (Å²) in [5.74, 6) is -1.50. The number of nitriles is 1. The minimum atomic E-state index is -1.41. The number of rotatable bonds is 21. The van der Waals surface area contributed by atoms with Gasteiger partial charge in [0.1, 0.15) is 61.2 Å². The summed E-state index contributed by atoms with van der Waals surface area (Å²) < 4.78 is 18.1. The Balaban J connectivity index is 1.49. The smallest absolute Gasteiger partial charge is 0.255 e. The number of hydrogen-bond donors (Lipinski definition) is 7. The molecule has 4 atom stereocenters. The molecule has 0 saturated carbocycles. The standard InChI is InChI=1S/C49H63N11O8/c1-5-6-7-8-23-66-35-13-10-33(11-14-35)44-55-29-38(30(2)56-44)46(62)58-39(17-18-50)49(65)60(4)43-34-12-16-42(68-25-21-53)37(28-34)36-26-32(9-15-41(36)67-24-20-52)27-40(47(63)54-22-19-51)59-45(61)31(3)57-48(43)64/h9-16,26,28-29,31,39-40,43H,5-8,17-18,20-25,27,50,52-53H2,1-4H3,(H,54,63)(H,57,64)(H,58,62)(H,59,61)/t31-,39-,40-,43-/m0/s1. The van der Waals surface area contributed by atoms with Gasteiger partial charge in [0.25, 0.3) is 5.91 Å².